The van der Waals surface area contributed by atoms with Crippen LogP contribution in [-0.4, -0.2) is 31.5 Å². The van der Waals surface area contributed by atoms with E-state index >= 15 is 0 Å². The second-order valence-electron chi connectivity index (χ2n) is 6.76. The molecule has 0 radical (unpaired) electrons. The minimum atomic E-state index is -0.223. The van der Waals surface area contributed by atoms with Crippen molar-refractivity contribution in [3.8, 4) is 0 Å². The summed E-state index contributed by atoms with van der Waals surface area (Å²) < 4.78 is 1.64. The zero-order valence-electron chi connectivity index (χ0n) is 14.2. The third kappa shape index (κ3) is 2.47. The maximum absolute atomic E-state index is 12.3. The van der Waals surface area contributed by atoms with Crippen molar-refractivity contribution in [2.75, 3.05) is 0 Å². The van der Waals surface area contributed by atoms with Gasteiger partial charge in [-0.3, -0.25) is 4.79 Å². The lowest BCUT2D eigenvalue weighted by Gasteiger charge is -2.17. The van der Waals surface area contributed by atoms with Gasteiger partial charge in [0.2, 0.25) is 5.82 Å². The monoisotopic (exact) mass is 343 g/mol. The van der Waals surface area contributed by atoms with Crippen LogP contribution in [0.2, 0.25) is 0 Å². The molecule has 6 nitrogen and oxygen atoms in total. The van der Waals surface area contributed by atoms with Crippen molar-refractivity contribution in [2.24, 2.45) is 5.92 Å². The summed E-state index contributed by atoms with van der Waals surface area (Å²) in [6, 6.07) is 0.108. The summed E-state index contributed by atoms with van der Waals surface area (Å²) in [7, 11) is 0. The molecule has 0 spiro atoms. The summed E-state index contributed by atoms with van der Waals surface area (Å²) in [5.74, 6) is 0.665. The van der Waals surface area contributed by atoms with E-state index in [2.05, 4.69) is 27.3 Å². The van der Waals surface area contributed by atoms with Crippen molar-refractivity contribution in [2.45, 2.75) is 52.5 Å². The average molecular weight is 343 g/mol. The molecule has 24 heavy (non-hydrogen) atoms. The van der Waals surface area contributed by atoms with E-state index in [1.54, 1.807) is 22.2 Å². The predicted molar refractivity (Wildman–Crippen MR) is 94.6 cm³/mol. The van der Waals surface area contributed by atoms with Gasteiger partial charge in [-0.15, -0.1) is 16.4 Å². The summed E-state index contributed by atoms with van der Waals surface area (Å²) in [6.45, 7) is 6.30. The Morgan fingerprint density at radius 3 is 3.17 bits per heavy atom. The van der Waals surface area contributed by atoms with Crippen LogP contribution in [0.15, 0.2) is 6.33 Å². The number of rotatable bonds is 3. The molecule has 1 aliphatic carbocycles. The first-order chi connectivity index (χ1) is 11.6. The third-order valence-corrected chi connectivity index (χ3v) is 6.02. The van der Waals surface area contributed by atoms with Crippen molar-refractivity contribution in [1.29, 1.82) is 0 Å². The van der Waals surface area contributed by atoms with Crippen LogP contribution in [0.5, 0.6) is 0 Å². The Morgan fingerprint density at radius 1 is 1.54 bits per heavy atom. The van der Waals surface area contributed by atoms with Crippen LogP contribution in [0.4, 0.5) is 0 Å². The molecule has 0 saturated heterocycles. The van der Waals surface area contributed by atoms with Crippen LogP contribution in [0.25, 0.3) is 15.9 Å². The topological polar surface area (TPSA) is 72.2 Å². The molecule has 0 saturated carbocycles. The van der Waals surface area contributed by atoms with Crippen LogP contribution < -0.4 is 5.32 Å². The summed E-state index contributed by atoms with van der Waals surface area (Å²) in [5.41, 5.74) is 2.11. The molecule has 0 unspecified atom stereocenters. The van der Waals surface area contributed by atoms with E-state index in [4.69, 9.17) is 0 Å². The molecule has 1 aliphatic rings. The van der Waals surface area contributed by atoms with Gasteiger partial charge in [0.05, 0.1) is 5.39 Å². The van der Waals surface area contributed by atoms with Crippen molar-refractivity contribution in [3.63, 3.8) is 0 Å². The fraction of sp³-hybridized carbons (Fsp3) is 0.529. The smallest absolute Gasteiger partial charge is 0.291 e. The number of fused-ring (bicyclic) bond motifs is 5. The number of aromatic nitrogens is 4. The highest BCUT2D eigenvalue weighted by atomic mass is 32.1. The standard InChI is InChI=1S/C17H21N5OS/c1-4-10(3)19-16(23)14-20-15-13-11-7-9(2)5-6-12(11)24-17(13)18-8-22(15)21-14/h8-10H,4-7H2,1-3H3,(H,19,23)/t9-,10-/m0/s1. The minimum Gasteiger partial charge on any atom is -0.347 e. The molecule has 3 aromatic rings. The molecule has 7 heteroatoms. The number of amides is 1. The Balaban J connectivity index is 1.83. The Hall–Kier alpha value is -2.02. The molecule has 4 rings (SSSR count). The Labute approximate surface area is 144 Å². The second kappa shape index (κ2) is 5.81. The van der Waals surface area contributed by atoms with Gasteiger partial charge in [-0.1, -0.05) is 13.8 Å². The lowest BCUT2D eigenvalue weighted by atomic mass is 9.89. The summed E-state index contributed by atoms with van der Waals surface area (Å²) in [5, 5.41) is 8.34. The van der Waals surface area contributed by atoms with Crippen LogP contribution >= 0.6 is 11.3 Å². The molecule has 3 aromatic heterocycles. The van der Waals surface area contributed by atoms with E-state index in [0.717, 1.165) is 35.1 Å². The highest BCUT2D eigenvalue weighted by molar-refractivity contribution is 7.19. The molecule has 126 valence electrons. The number of thiophene rings is 1. The SMILES string of the molecule is CC[C@H](C)NC(=O)c1nc2c3c4c(sc3ncn2n1)CC[C@H](C)C4. The first-order valence-corrected chi connectivity index (χ1v) is 9.35. The molecule has 3 heterocycles. The molecule has 0 aromatic carbocycles. The average Bonchev–Trinajstić information content (AvgIpc) is 3.14. The van der Waals surface area contributed by atoms with Gasteiger partial charge in [0.15, 0.2) is 5.65 Å². The first-order valence-electron chi connectivity index (χ1n) is 8.53. The van der Waals surface area contributed by atoms with Crippen LogP contribution in [0.1, 0.15) is 54.7 Å². The van der Waals surface area contributed by atoms with E-state index in [9.17, 15) is 4.79 Å². The summed E-state index contributed by atoms with van der Waals surface area (Å²) >= 11 is 1.76. The molecule has 0 fully saturated rings. The largest absolute Gasteiger partial charge is 0.347 e. The first kappa shape index (κ1) is 15.5. The number of nitrogens with one attached hydrogen (secondary N) is 1. The number of hydrogen-bond donors (Lipinski definition) is 1. The van der Waals surface area contributed by atoms with Gasteiger partial charge in [0, 0.05) is 10.9 Å². The van der Waals surface area contributed by atoms with E-state index in [1.165, 1.54) is 16.9 Å². The third-order valence-electron chi connectivity index (χ3n) is 4.82. The van der Waals surface area contributed by atoms with Gasteiger partial charge in [0.1, 0.15) is 11.2 Å². The van der Waals surface area contributed by atoms with E-state index in [1.807, 2.05) is 13.8 Å². The molecule has 0 aliphatic heterocycles. The van der Waals surface area contributed by atoms with Gasteiger partial charge in [-0.25, -0.2) is 14.5 Å². The van der Waals surface area contributed by atoms with Gasteiger partial charge in [0.25, 0.3) is 5.91 Å². The van der Waals surface area contributed by atoms with Gasteiger partial charge in [-0.05, 0) is 44.1 Å². The quantitative estimate of drug-likeness (QED) is 0.793. The van der Waals surface area contributed by atoms with Crippen LogP contribution in [0, 0.1) is 5.92 Å². The minimum absolute atomic E-state index is 0.108. The highest BCUT2D eigenvalue weighted by Gasteiger charge is 2.24. The lowest BCUT2D eigenvalue weighted by molar-refractivity contribution is 0.0929. The fourth-order valence-electron chi connectivity index (χ4n) is 3.23. The Morgan fingerprint density at radius 2 is 2.38 bits per heavy atom. The maximum Gasteiger partial charge on any atom is 0.291 e. The van der Waals surface area contributed by atoms with Crippen molar-refractivity contribution in [1.82, 2.24) is 24.9 Å². The van der Waals surface area contributed by atoms with Gasteiger partial charge in [-0.2, -0.15) is 0 Å². The molecule has 1 N–H and O–H groups in total. The number of nitrogens with zero attached hydrogens (tertiary/aromatic N) is 4. The van der Waals surface area contributed by atoms with E-state index < -0.39 is 0 Å². The van der Waals surface area contributed by atoms with Crippen molar-refractivity contribution in [3.05, 3.63) is 22.6 Å². The highest BCUT2D eigenvalue weighted by Crippen LogP contribution is 2.38. The molecular formula is C17H21N5OS. The Bertz CT molecular complexity index is 928. The van der Waals surface area contributed by atoms with Crippen LogP contribution in [0.3, 0.4) is 0 Å². The maximum atomic E-state index is 12.3. The van der Waals surface area contributed by atoms with Crippen molar-refractivity contribution < 1.29 is 4.79 Å². The summed E-state index contributed by atoms with van der Waals surface area (Å²) in [6.07, 6.45) is 5.93. The molecule has 2 atom stereocenters. The molecule has 0 bridgehead atoms. The second-order valence-corrected chi connectivity index (χ2v) is 7.85. The fourth-order valence-corrected chi connectivity index (χ4v) is 4.41. The van der Waals surface area contributed by atoms with Crippen molar-refractivity contribution >= 4 is 33.1 Å². The molecule has 1 amide bonds. The summed E-state index contributed by atoms with van der Waals surface area (Å²) in [4.78, 5) is 23.8. The molecular weight excluding hydrogens is 322 g/mol. The number of hydrogen-bond acceptors (Lipinski definition) is 5. The zero-order chi connectivity index (χ0) is 16.8. The van der Waals surface area contributed by atoms with Gasteiger partial charge >= 0.3 is 0 Å². The predicted octanol–water partition coefficient (Wildman–Crippen LogP) is 2.99. The lowest BCUT2D eigenvalue weighted by Crippen LogP contribution is -2.32. The number of carbonyl (C=O) groups excluding carboxylic acids is 1. The van der Waals surface area contributed by atoms with Gasteiger partial charge < -0.3 is 5.32 Å². The van der Waals surface area contributed by atoms with Crippen LogP contribution in [-0.2, 0) is 12.8 Å². The zero-order valence-corrected chi connectivity index (χ0v) is 15.0. The normalized spacial score (nSPS) is 18.7. The van der Waals surface area contributed by atoms with E-state index in [-0.39, 0.29) is 17.8 Å². The van der Waals surface area contributed by atoms with E-state index in [0.29, 0.717) is 5.92 Å². The number of aryl methyl sites for hydroxylation is 1. The Kier molecular flexibility index (Phi) is 3.75. The number of carbonyl (C=O) groups is 1.